The molecular formula is C23H19F3N4O2. The van der Waals surface area contributed by atoms with Gasteiger partial charge in [-0.05, 0) is 37.3 Å². The molecule has 1 atom stereocenters. The van der Waals surface area contributed by atoms with E-state index in [0.29, 0.717) is 10.5 Å². The van der Waals surface area contributed by atoms with Crippen molar-refractivity contribution in [3.05, 3.63) is 76.7 Å². The van der Waals surface area contributed by atoms with Gasteiger partial charge in [-0.2, -0.15) is 0 Å². The van der Waals surface area contributed by atoms with Crippen molar-refractivity contribution >= 4 is 23.8 Å². The summed E-state index contributed by atoms with van der Waals surface area (Å²) in [6, 6.07) is 6.20. The number of nitrogens with zero attached hydrogens (tertiary/aromatic N) is 2. The first-order valence-corrected chi connectivity index (χ1v) is 9.42. The SMILES string of the molecule is CN1C(=O)N(c2c(F)cc(C#Cc3cccc(F)c3)cc2F)C(=O)C[C@@]1(C)/C(C=N)=C/N. The molecule has 0 aromatic heterocycles. The molecule has 1 aliphatic heterocycles. The molecule has 3 N–H and O–H groups in total. The lowest BCUT2D eigenvalue weighted by Crippen LogP contribution is -2.62. The second-order valence-electron chi connectivity index (χ2n) is 7.34. The Morgan fingerprint density at radius 1 is 1.12 bits per heavy atom. The largest absolute Gasteiger partial charge is 0.404 e. The highest BCUT2D eigenvalue weighted by Crippen LogP contribution is 2.36. The molecule has 1 fully saturated rings. The van der Waals surface area contributed by atoms with Gasteiger partial charge < -0.3 is 16.0 Å². The van der Waals surface area contributed by atoms with E-state index in [0.717, 1.165) is 29.4 Å². The standard InChI is InChI=1S/C23H19F3N4O2/c1-23(16(12-27)13-28)11-20(31)30(22(32)29(23)2)21-18(25)9-15(10-19(21)26)7-6-14-4-3-5-17(24)8-14/h3-5,8-10,12-13,27H,11,28H2,1-2H3/b16-13+,27-12?/t23-/m0/s1. The summed E-state index contributed by atoms with van der Waals surface area (Å²) in [6.07, 6.45) is 1.68. The zero-order valence-electron chi connectivity index (χ0n) is 17.2. The summed E-state index contributed by atoms with van der Waals surface area (Å²) in [5, 5.41) is 7.47. The predicted octanol–water partition coefficient (Wildman–Crippen LogP) is 3.54. The zero-order valence-corrected chi connectivity index (χ0v) is 17.2. The van der Waals surface area contributed by atoms with Crippen LogP contribution in [0, 0.1) is 34.7 Å². The Hall–Kier alpha value is -4.06. The number of amides is 3. The van der Waals surface area contributed by atoms with Gasteiger partial charge in [0.15, 0.2) is 11.6 Å². The van der Waals surface area contributed by atoms with Gasteiger partial charge in [-0.15, -0.1) is 0 Å². The number of nitrogens with two attached hydrogens (primary N) is 1. The minimum absolute atomic E-state index is 0.0553. The molecule has 0 unspecified atom stereocenters. The van der Waals surface area contributed by atoms with E-state index in [-0.39, 0.29) is 17.6 Å². The maximum atomic E-state index is 14.8. The number of hydrogen-bond acceptors (Lipinski definition) is 4. The van der Waals surface area contributed by atoms with E-state index in [1.54, 1.807) is 0 Å². The van der Waals surface area contributed by atoms with E-state index < -0.39 is 40.6 Å². The molecular weight excluding hydrogens is 421 g/mol. The lowest BCUT2D eigenvalue weighted by Gasteiger charge is -2.45. The van der Waals surface area contributed by atoms with Crippen LogP contribution in [0.5, 0.6) is 0 Å². The Balaban J connectivity index is 1.98. The number of nitrogens with one attached hydrogen (secondary N) is 1. The minimum atomic E-state index is -1.25. The molecule has 0 saturated carbocycles. The average molecular weight is 440 g/mol. The van der Waals surface area contributed by atoms with Crippen molar-refractivity contribution < 1.29 is 22.8 Å². The predicted molar refractivity (Wildman–Crippen MR) is 113 cm³/mol. The number of rotatable bonds is 3. The first kappa shape index (κ1) is 22.6. The first-order valence-electron chi connectivity index (χ1n) is 9.42. The van der Waals surface area contributed by atoms with Gasteiger partial charge in [0, 0.05) is 36.2 Å². The summed E-state index contributed by atoms with van der Waals surface area (Å²) in [5.41, 5.74) is 3.90. The van der Waals surface area contributed by atoms with Gasteiger partial charge in [-0.1, -0.05) is 17.9 Å². The molecule has 2 aromatic rings. The summed E-state index contributed by atoms with van der Waals surface area (Å²) in [7, 11) is 1.35. The van der Waals surface area contributed by atoms with Crippen molar-refractivity contribution in [2.75, 3.05) is 11.9 Å². The molecule has 1 saturated heterocycles. The smallest absolute Gasteiger partial charge is 0.332 e. The molecule has 32 heavy (non-hydrogen) atoms. The van der Waals surface area contributed by atoms with Crippen molar-refractivity contribution in [3.63, 3.8) is 0 Å². The highest BCUT2D eigenvalue weighted by atomic mass is 19.1. The van der Waals surface area contributed by atoms with Gasteiger partial charge in [0.05, 0.1) is 12.0 Å². The highest BCUT2D eigenvalue weighted by molar-refractivity contribution is 6.17. The molecule has 0 bridgehead atoms. The van der Waals surface area contributed by atoms with Crippen LogP contribution < -0.4 is 10.6 Å². The van der Waals surface area contributed by atoms with E-state index >= 15 is 0 Å². The summed E-state index contributed by atoms with van der Waals surface area (Å²) >= 11 is 0. The third kappa shape index (κ3) is 3.95. The van der Waals surface area contributed by atoms with Gasteiger partial charge in [-0.3, -0.25) is 4.79 Å². The van der Waals surface area contributed by atoms with Gasteiger partial charge >= 0.3 is 6.03 Å². The van der Waals surface area contributed by atoms with Crippen LogP contribution >= 0.6 is 0 Å². The topological polar surface area (TPSA) is 90.5 Å². The molecule has 3 rings (SSSR count). The second kappa shape index (κ2) is 8.59. The third-order valence-corrected chi connectivity index (χ3v) is 5.34. The molecule has 3 amide bonds. The van der Waals surface area contributed by atoms with E-state index in [1.807, 2.05) is 0 Å². The van der Waals surface area contributed by atoms with E-state index in [4.69, 9.17) is 11.1 Å². The lowest BCUT2D eigenvalue weighted by atomic mass is 9.85. The number of urea groups is 1. The Labute approximate surface area is 182 Å². The van der Waals surface area contributed by atoms with Crippen LogP contribution in [-0.4, -0.2) is 35.6 Å². The number of imide groups is 1. The molecule has 1 heterocycles. The molecule has 164 valence electrons. The number of carbonyl (C=O) groups is 2. The van der Waals surface area contributed by atoms with E-state index in [1.165, 1.54) is 38.2 Å². The maximum Gasteiger partial charge on any atom is 0.332 e. The summed E-state index contributed by atoms with van der Waals surface area (Å²) in [4.78, 5) is 27.2. The van der Waals surface area contributed by atoms with Crippen LogP contribution in [0.2, 0.25) is 0 Å². The summed E-state index contributed by atoms with van der Waals surface area (Å²) in [5.74, 6) is 1.46. The van der Waals surface area contributed by atoms with E-state index in [2.05, 4.69) is 11.8 Å². The minimum Gasteiger partial charge on any atom is -0.404 e. The number of halogens is 3. The van der Waals surface area contributed by atoms with Gasteiger partial charge in [0.25, 0.3) is 0 Å². The van der Waals surface area contributed by atoms with Crippen molar-refractivity contribution in [1.29, 1.82) is 5.41 Å². The molecule has 0 aliphatic carbocycles. The van der Waals surface area contributed by atoms with Crippen LogP contribution in [0.3, 0.4) is 0 Å². The summed E-state index contributed by atoms with van der Waals surface area (Å²) < 4.78 is 42.9. The number of likely N-dealkylation sites (N-methyl/N-ethyl adjacent to an activating group) is 1. The Morgan fingerprint density at radius 2 is 1.75 bits per heavy atom. The second-order valence-corrected chi connectivity index (χ2v) is 7.34. The van der Waals surface area contributed by atoms with Crippen LogP contribution in [-0.2, 0) is 4.79 Å². The van der Waals surface area contributed by atoms with Gasteiger partial charge in [0.1, 0.15) is 11.5 Å². The van der Waals surface area contributed by atoms with Crippen LogP contribution in [0.25, 0.3) is 0 Å². The fourth-order valence-corrected chi connectivity index (χ4v) is 3.42. The first-order chi connectivity index (χ1) is 15.1. The van der Waals surface area contributed by atoms with Crippen molar-refractivity contribution in [1.82, 2.24) is 4.90 Å². The van der Waals surface area contributed by atoms with E-state index in [9.17, 15) is 22.8 Å². The third-order valence-electron chi connectivity index (χ3n) is 5.34. The fraction of sp³-hybridized carbons (Fsp3) is 0.174. The molecule has 6 nitrogen and oxygen atoms in total. The molecule has 9 heteroatoms. The molecule has 2 aromatic carbocycles. The van der Waals surface area contributed by atoms with Crippen LogP contribution in [0.1, 0.15) is 24.5 Å². The number of benzene rings is 2. The Kier molecular flexibility index (Phi) is 6.07. The lowest BCUT2D eigenvalue weighted by molar-refractivity contribution is -0.121. The maximum absolute atomic E-state index is 14.8. The summed E-state index contributed by atoms with van der Waals surface area (Å²) in [6.45, 7) is 1.53. The molecule has 0 radical (unpaired) electrons. The van der Waals surface area contributed by atoms with Gasteiger partial charge in [-0.25, -0.2) is 22.9 Å². The average Bonchev–Trinajstić information content (AvgIpc) is 2.73. The molecule has 1 aliphatic rings. The fourth-order valence-electron chi connectivity index (χ4n) is 3.42. The normalized spacial score (nSPS) is 19.0. The Bertz CT molecular complexity index is 1190. The van der Waals surface area contributed by atoms with Crippen LogP contribution in [0.4, 0.5) is 23.7 Å². The van der Waals surface area contributed by atoms with Crippen molar-refractivity contribution in [3.8, 4) is 11.8 Å². The Morgan fingerprint density at radius 3 is 2.31 bits per heavy atom. The monoisotopic (exact) mass is 440 g/mol. The highest BCUT2D eigenvalue weighted by Gasteiger charge is 2.48. The quantitative estimate of drug-likeness (QED) is 0.565. The van der Waals surface area contributed by atoms with Crippen molar-refractivity contribution in [2.45, 2.75) is 18.9 Å². The number of carbonyl (C=O) groups excluding carboxylic acids is 2. The number of hydrogen-bond donors (Lipinski definition) is 2. The van der Waals surface area contributed by atoms with Crippen LogP contribution in [0.15, 0.2) is 48.2 Å². The zero-order chi connectivity index (χ0) is 23.6. The van der Waals surface area contributed by atoms with Gasteiger partial charge in [0.2, 0.25) is 5.91 Å². The molecule has 0 spiro atoms. The number of anilines is 1. The van der Waals surface area contributed by atoms with Crippen molar-refractivity contribution in [2.24, 2.45) is 5.73 Å².